The molecule has 1 aliphatic rings. The van der Waals surface area contributed by atoms with Crippen LogP contribution in [0.3, 0.4) is 0 Å². The summed E-state index contributed by atoms with van der Waals surface area (Å²) in [7, 11) is 0. The van der Waals surface area contributed by atoms with Gasteiger partial charge in [-0.05, 0) is 30.5 Å². The fourth-order valence-corrected chi connectivity index (χ4v) is 2.89. The maximum atomic E-state index is 12.9. The molecule has 22 heavy (non-hydrogen) atoms. The third-order valence-electron chi connectivity index (χ3n) is 4.13. The van der Waals surface area contributed by atoms with Gasteiger partial charge in [0.15, 0.2) is 5.82 Å². The summed E-state index contributed by atoms with van der Waals surface area (Å²) < 4.78 is 14.6. The molecule has 1 aromatic heterocycles. The van der Waals surface area contributed by atoms with Gasteiger partial charge in [0.25, 0.3) is 0 Å². The lowest BCUT2D eigenvalue weighted by Crippen LogP contribution is -2.25. The number of hydrogen-bond donors (Lipinski definition) is 1. The molecule has 2 aromatic rings. The predicted octanol–water partition coefficient (Wildman–Crippen LogP) is 3.59. The Bertz CT molecular complexity index is 630. The predicted molar refractivity (Wildman–Crippen MR) is 82.9 cm³/mol. The van der Waals surface area contributed by atoms with E-state index in [-0.39, 0.29) is 17.6 Å². The van der Waals surface area contributed by atoms with Crippen molar-refractivity contribution in [3.8, 4) is 0 Å². The summed E-state index contributed by atoms with van der Waals surface area (Å²) in [6.45, 7) is 0.555. The molecule has 116 valence electrons. The van der Waals surface area contributed by atoms with E-state index in [1.54, 1.807) is 22.9 Å². The number of anilines is 1. The number of amides is 1. The molecule has 0 aliphatic heterocycles. The smallest absolute Gasteiger partial charge is 0.228 e. The third-order valence-corrected chi connectivity index (χ3v) is 4.13. The van der Waals surface area contributed by atoms with E-state index in [1.807, 2.05) is 6.20 Å². The van der Waals surface area contributed by atoms with Crippen LogP contribution < -0.4 is 5.32 Å². The second kappa shape index (κ2) is 6.73. The monoisotopic (exact) mass is 301 g/mol. The van der Waals surface area contributed by atoms with Crippen LogP contribution in [-0.4, -0.2) is 15.7 Å². The van der Waals surface area contributed by atoms with Crippen LogP contribution in [0.2, 0.25) is 0 Å². The Hall–Kier alpha value is -2.17. The van der Waals surface area contributed by atoms with Crippen molar-refractivity contribution in [2.24, 2.45) is 5.92 Å². The number of benzene rings is 1. The summed E-state index contributed by atoms with van der Waals surface area (Å²) in [5.74, 6) is 0.532. The molecule has 1 aliphatic carbocycles. The summed E-state index contributed by atoms with van der Waals surface area (Å²) in [5.41, 5.74) is 0.967. The number of nitrogens with one attached hydrogen (secondary N) is 1. The molecule has 3 rings (SSSR count). The molecule has 1 N–H and O–H groups in total. The summed E-state index contributed by atoms with van der Waals surface area (Å²) in [4.78, 5) is 12.2. The number of nitrogens with zero attached hydrogens (tertiary/aromatic N) is 2. The van der Waals surface area contributed by atoms with Crippen LogP contribution in [0.5, 0.6) is 0 Å². The highest BCUT2D eigenvalue weighted by atomic mass is 19.1. The van der Waals surface area contributed by atoms with Gasteiger partial charge in [0.1, 0.15) is 5.82 Å². The van der Waals surface area contributed by atoms with Crippen LogP contribution in [0.15, 0.2) is 36.5 Å². The Kier molecular flexibility index (Phi) is 4.51. The van der Waals surface area contributed by atoms with E-state index in [4.69, 9.17) is 0 Å². The van der Waals surface area contributed by atoms with E-state index in [0.717, 1.165) is 31.2 Å². The van der Waals surface area contributed by atoms with Gasteiger partial charge in [-0.25, -0.2) is 4.39 Å². The molecule has 1 heterocycles. The molecule has 4 nitrogen and oxygen atoms in total. The zero-order chi connectivity index (χ0) is 15.4. The highest BCUT2D eigenvalue weighted by Crippen LogP contribution is 2.24. The number of aromatic nitrogens is 2. The molecule has 0 radical (unpaired) electrons. The Morgan fingerprint density at radius 1 is 1.18 bits per heavy atom. The zero-order valence-electron chi connectivity index (χ0n) is 12.5. The lowest BCUT2D eigenvalue weighted by molar-refractivity contribution is -0.120. The average molecular weight is 301 g/mol. The van der Waals surface area contributed by atoms with E-state index in [2.05, 4.69) is 10.4 Å². The van der Waals surface area contributed by atoms with Crippen molar-refractivity contribution in [2.75, 3.05) is 5.32 Å². The number of halogens is 1. The van der Waals surface area contributed by atoms with Crippen LogP contribution in [0.4, 0.5) is 10.2 Å². The SMILES string of the molecule is O=C(Nc1ccn(Cc2ccc(F)cc2)n1)C1CCCCC1. The normalized spacial score (nSPS) is 15.7. The van der Waals surface area contributed by atoms with E-state index < -0.39 is 0 Å². The van der Waals surface area contributed by atoms with Gasteiger partial charge in [-0.1, -0.05) is 31.4 Å². The maximum absolute atomic E-state index is 12.9. The average Bonchev–Trinajstić information content (AvgIpc) is 2.97. The number of carbonyl (C=O) groups excluding carboxylic acids is 1. The molecule has 1 aromatic carbocycles. The van der Waals surface area contributed by atoms with Crippen LogP contribution in [-0.2, 0) is 11.3 Å². The number of hydrogen-bond acceptors (Lipinski definition) is 2. The first-order valence-corrected chi connectivity index (χ1v) is 7.79. The minimum atomic E-state index is -0.246. The molecular weight excluding hydrogens is 281 g/mol. The van der Waals surface area contributed by atoms with E-state index >= 15 is 0 Å². The molecular formula is C17H20FN3O. The van der Waals surface area contributed by atoms with Gasteiger partial charge in [0.05, 0.1) is 6.54 Å². The first-order valence-electron chi connectivity index (χ1n) is 7.79. The molecule has 1 amide bonds. The molecule has 0 atom stereocenters. The van der Waals surface area contributed by atoms with Gasteiger partial charge in [-0.2, -0.15) is 5.10 Å². The lowest BCUT2D eigenvalue weighted by atomic mass is 9.89. The van der Waals surface area contributed by atoms with Gasteiger partial charge < -0.3 is 5.32 Å². The van der Waals surface area contributed by atoms with Crippen molar-refractivity contribution in [1.82, 2.24) is 9.78 Å². The second-order valence-corrected chi connectivity index (χ2v) is 5.85. The Morgan fingerprint density at radius 2 is 1.91 bits per heavy atom. The summed E-state index contributed by atoms with van der Waals surface area (Å²) >= 11 is 0. The molecule has 1 saturated carbocycles. The standard InChI is InChI=1S/C17H20FN3O/c18-15-8-6-13(7-9-15)12-21-11-10-16(20-21)19-17(22)14-4-2-1-3-5-14/h6-11,14H,1-5,12H2,(H,19,20,22). The van der Waals surface area contributed by atoms with Gasteiger partial charge in [0, 0.05) is 18.2 Å². The van der Waals surface area contributed by atoms with Crippen molar-refractivity contribution in [3.63, 3.8) is 0 Å². The van der Waals surface area contributed by atoms with Crippen LogP contribution in [0, 0.1) is 11.7 Å². The summed E-state index contributed by atoms with van der Waals surface area (Å²) in [5, 5.41) is 7.25. The highest BCUT2D eigenvalue weighted by Gasteiger charge is 2.21. The largest absolute Gasteiger partial charge is 0.309 e. The van der Waals surface area contributed by atoms with Crippen molar-refractivity contribution < 1.29 is 9.18 Å². The van der Waals surface area contributed by atoms with Crippen LogP contribution in [0.1, 0.15) is 37.7 Å². The van der Waals surface area contributed by atoms with E-state index in [1.165, 1.54) is 18.6 Å². The van der Waals surface area contributed by atoms with Crippen molar-refractivity contribution in [1.29, 1.82) is 0 Å². The summed E-state index contributed by atoms with van der Waals surface area (Å²) in [6.07, 6.45) is 7.27. The quantitative estimate of drug-likeness (QED) is 0.938. The molecule has 5 heteroatoms. The topological polar surface area (TPSA) is 46.9 Å². The van der Waals surface area contributed by atoms with Gasteiger partial charge in [-0.3, -0.25) is 9.48 Å². The summed E-state index contributed by atoms with van der Waals surface area (Å²) in [6, 6.07) is 8.13. The maximum Gasteiger partial charge on any atom is 0.228 e. The van der Waals surface area contributed by atoms with E-state index in [0.29, 0.717) is 12.4 Å². The molecule has 0 unspecified atom stereocenters. The Balaban J connectivity index is 1.58. The zero-order valence-corrected chi connectivity index (χ0v) is 12.5. The molecule has 1 fully saturated rings. The number of rotatable bonds is 4. The Morgan fingerprint density at radius 3 is 2.64 bits per heavy atom. The minimum Gasteiger partial charge on any atom is -0.309 e. The fourth-order valence-electron chi connectivity index (χ4n) is 2.89. The van der Waals surface area contributed by atoms with Crippen molar-refractivity contribution in [3.05, 3.63) is 47.9 Å². The molecule has 0 saturated heterocycles. The third kappa shape index (κ3) is 3.72. The van der Waals surface area contributed by atoms with Crippen molar-refractivity contribution in [2.45, 2.75) is 38.6 Å². The minimum absolute atomic E-state index is 0.0757. The van der Waals surface area contributed by atoms with Crippen LogP contribution in [0.25, 0.3) is 0 Å². The first-order chi connectivity index (χ1) is 10.7. The lowest BCUT2D eigenvalue weighted by Gasteiger charge is -2.19. The van der Waals surface area contributed by atoms with Crippen molar-refractivity contribution >= 4 is 11.7 Å². The fraction of sp³-hybridized carbons (Fsp3) is 0.412. The van der Waals surface area contributed by atoms with Gasteiger partial charge >= 0.3 is 0 Å². The van der Waals surface area contributed by atoms with Gasteiger partial charge in [-0.15, -0.1) is 0 Å². The Labute approximate surface area is 129 Å². The first kappa shape index (κ1) is 14.8. The molecule has 0 spiro atoms. The molecule has 0 bridgehead atoms. The number of carbonyl (C=O) groups is 1. The second-order valence-electron chi connectivity index (χ2n) is 5.85. The van der Waals surface area contributed by atoms with E-state index in [9.17, 15) is 9.18 Å². The highest BCUT2D eigenvalue weighted by molar-refractivity contribution is 5.91. The van der Waals surface area contributed by atoms with Gasteiger partial charge in [0.2, 0.25) is 5.91 Å². The van der Waals surface area contributed by atoms with Crippen LogP contribution >= 0.6 is 0 Å².